The molecular weight excluding hydrogens is 196 g/mol. The second-order valence-corrected chi connectivity index (χ2v) is 2.71. The molecule has 0 nitrogen and oxygen atoms in total. The lowest BCUT2D eigenvalue weighted by Crippen LogP contribution is -2.08. The fourth-order valence-electron chi connectivity index (χ4n) is 1.08. The number of halogens is 4. The summed E-state index contributed by atoms with van der Waals surface area (Å²) < 4.78 is 49.8. The van der Waals surface area contributed by atoms with Gasteiger partial charge in [-0.05, 0) is 13.0 Å². The summed E-state index contributed by atoms with van der Waals surface area (Å²) in [4.78, 5) is 0. The van der Waals surface area contributed by atoms with Crippen LogP contribution in [0.2, 0.25) is 0 Å². The van der Waals surface area contributed by atoms with Gasteiger partial charge in [0.15, 0.2) is 0 Å². The average Bonchev–Trinajstić information content (AvgIpc) is 2.07. The van der Waals surface area contributed by atoms with E-state index in [1.807, 2.05) is 0 Å². The van der Waals surface area contributed by atoms with Crippen molar-refractivity contribution < 1.29 is 17.6 Å². The lowest BCUT2D eigenvalue weighted by molar-refractivity contribution is -0.140. The summed E-state index contributed by atoms with van der Waals surface area (Å²) >= 11 is 0. The maximum Gasteiger partial charge on any atom is 0.419 e. The van der Waals surface area contributed by atoms with Gasteiger partial charge in [0.2, 0.25) is 0 Å². The first-order valence-electron chi connectivity index (χ1n) is 3.95. The zero-order chi connectivity index (χ0) is 10.8. The summed E-state index contributed by atoms with van der Waals surface area (Å²) in [6.45, 7) is 1.61. The van der Waals surface area contributed by atoms with E-state index in [-0.39, 0.29) is 5.56 Å². The van der Waals surface area contributed by atoms with Gasteiger partial charge in [-0.2, -0.15) is 13.2 Å². The third kappa shape index (κ3) is 2.13. The molecule has 1 aromatic rings. The molecule has 0 aliphatic rings. The second-order valence-electron chi connectivity index (χ2n) is 2.71. The summed E-state index contributed by atoms with van der Waals surface area (Å²) in [5.41, 5.74) is -1.28. The first kappa shape index (κ1) is 10.8. The number of hydrogen-bond donors (Lipinski definition) is 0. The minimum Gasteiger partial charge on any atom is -0.206 e. The zero-order valence-corrected chi connectivity index (χ0v) is 7.40. The van der Waals surface area contributed by atoms with Gasteiger partial charge in [0.1, 0.15) is 5.82 Å². The summed E-state index contributed by atoms with van der Waals surface area (Å²) in [5, 5.41) is 0. The molecule has 0 bridgehead atoms. The van der Waals surface area contributed by atoms with Gasteiger partial charge in [0, 0.05) is 5.56 Å². The van der Waals surface area contributed by atoms with Gasteiger partial charge >= 0.3 is 6.18 Å². The van der Waals surface area contributed by atoms with Crippen LogP contribution in [0, 0.1) is 5.82 Å². The van der Waals surface area contributed by atoms with Crippen LogP contribution in [0.4, 0.5) is 17.6 Å². The summed E-state index contributed by atoms with van der Waals surface area (Å²) in [6, 6.07) is 3.20. The van der Waals surface area contributed by atoms with Crippen LogP contribution in [0.5, 0.6) is 0 Å². The number of alkyl halides is 3. The van der Waals surface area contributed by atoms with Gasteiger partial charge < -0.3 is 0 Å². The molecule has 0 aliphatic heterocycles. The van der Waals surface area contributed by atoms with E-state index in [9.17, 15) is 17.6 Å². The van der Waals surface area contributed by atoms with E-state index < -0.39 is 17.6 Å². The Balaban J connectivity index is 3.28. The highest BCUT2D eigenvalue weighted by Gasteiger charge is 2.34. The number of hydrogen-bond acceptors (Lipinski definition) is 0. The molecule has 0 saturated carbocycles. The van der Waals surface area contributed by atoms with E-state index in [0.717, 1.165) is 6.07 Å². The van der Waals surface area contributed by atoms with Crippen LogP contribution < -0.4 is 0 Å². The largest absolute Gasteiger partial charge is 0.419 e. The van der Waals surface area contributed by atoms with Crippen LogP contribution in [0.3, 0.4) is 0 Å². The van der Waals surface area contributed by atoms with E-state index in [0.29, 0.717) is 0 Å². The minimum absolute atomic E-state index is 0.0534. The maximum atomic E-state index is 13.2. The number of rotatable bonds is 1. The normalized spacial score (nSPS) is 12.4. The highest BCUT2D eigenvalue weighted by atomic mass is 19.4. The maximum absolute atomic E-state index is 13.2. The predicted molar refractivity (Wildman–Crippen MR) is 46.1 cm³/mol. The first-order chi connectivity index (χ1) is 6.46. The van der Waals surface area contributed by atoms with E-state index in [2.05, 4.69) is 0 Å². The van der Waals surface area contributed by atoms with Crippen LogP contribution >= 0.6 is 0 Å². The first-order valence-corrected chi connectivity index (χ1v) is 3.95. The Bertz CT molecular complexity index is 350. The Morgan fingerprint density at radius 1 is 1.21 bits per heavy atom. The predicted octanol–water partition coefficient (Wildman–Crippen LogP) is 3.88. The van der Waals surface area contributed by atoms with Crippen LogP contribution in [-0.2, 0) is 6.18 Å². The van der Waals surface area contributed by atoms with E-state index in [4.69, 9.17) is 0 Å². The van der Waals surface area contributed by atoms with Crippen LogP contribution in [0.25, 0.3) is 6.08 Å². The van der Waals surface area contributed by atoms with Crippen molar-refractivity contribution in [3.05, 3.63) is 41.2 Å². The lowest BCUT2D eigenvalue weighted by Gasteiger charge is -2.08. The summed E-state index contributed by atoms with van der Waals surface area (Å²) in [7, 11) is 0. The quantitative estimate of drug-likeness (QED) is 0.609. The third-order valence-corrected chi connectivity index (χ3v) is 1.68. The van der Waals surface area contributed by atoms with Crippen molar-refractivity contribution in [1.29, 1.82) is 0 Å². The van der Waals surface area contributed by atoms with Gasteiger partial charge in [-0.25, -0.2) is 4.39 Å². The molecule has 0 amide bonds. The zero-order valence-electron chi connectivity index (χ0n) is 7.40. The molecule has 0 spiro atoms. The highest BCUT2D eigenvalue weighted by Crippen LogP contribution is 2.32. The van der Waals surface area contributed by atoms with Crippen molar-refractivity contribution in [2.24, 2.45) is 0 Å². The van der Waals surface area contributed by atoms with Gasteiger partial charge in [-0.1, -0.05) is 24.3 Å². The van der Waals surface area contributed by atoms with Gasteiger partial charge in [0.25, 0.3) is 0 Å². The molecule has 0 fully saturated rings. The van der Waals surface area contributed by atoms with Crippen molar-refractivity contribution in [2.75, 3.05) is 0 Å². The van der Waals surface area contributed by atoms with E-state index in [1.165, 1.54) is 24.3 Å². The molecule has 1 aromatic carbocycles. The molecule has 76 valence electrons. The molecule has 4 heteroatoms. The molecule has 0 aromatic heterocycles. The molecule has 0 atom stereocenters. The van der Waals surface area contributed by atoms with E-state index in [1.54, 1.807) is 6.92 Å². The Labute approximate surface area is 78.9 Å². The topological polar surface area (TPSA) is 0 Å². The highest BCUT2D eigenvalue weighted by molar-refractivity contribution is 5.51. The van der Waals surface area contributed by atoms with Crippen molar-refractivity contribution >= 4 is 6.08 Å². The fraction of sp³-hybridized carbons (Fsp3) is 0.200. The fourth-order valence-corrected chi connectivity index (χ4v) is 1.08. The molecule has 0 heterocycles. The van der Waals surface area contributed by atoms with Crippen LogP contribution in [0.15, 0.2) is 24.3 Å². The van der Waals surface area contributed by atoms with E-state index >= 15 is 0 Å². The molecule has 0 N–H and O–H groups in total. The third-order valence-electron chi connectivity index (χ3n) is 1.68. The smallest absolute Gasteiger partial charge is 0.206 e. The molecule has 1 rings (SSSR count). The average molecular weight is 204 g/mol. The lowest BCUT2D eigenvalue weighted by atomic mass is 10.1. The van der Waals surface area contributed by atoms with Crippen LogP contribution in [0.1, 0.15) is 18.1 Å². The molecular formula is C10H8F4. The van der Waals surface area contributed by atoms with Crippen molar-refractivity contribution in [3.8, 4) is 0 Å². The summed E-state index contributed by atoms with van der Waals surface area (Å²) in [5.74, 6) is -1.22. The minimum atomic E-state index is -4.64. The number of benzene rings is 1. The van der Waals surface area contributed by atoms with Crippen molar-refractivity contribution in [3.63, 3.8) is 0 Å². The van der Waals surface area contributed by atoms with Gasteiger partial charge in [-0.15, -0.1) is 0 Å². The molecule has 0 radical (unpaired) electrons. The molecule has 0 saturated heterocycles. The van der Waals surface area contributed by atoms with Crippen LogP contribution in [-0.4, -0.2) is 0 Å². The second kappa shape index (κ2) is 3.82. The molecule has 14 heavy (non-hydrogen) atoms. The Morgan fingerprint density at radius 2 is 1.86 bits per heavy atom. The van der Waals surface area contributed by atoms with Crippen molar-refractivity contribution in [2.45, 2.75) is 13.1 Å². The number of allylic oxidation sites excluding steroid dienone is 1. The van der Waals surface area contributed by atoms with Gasteiger partial charge in [0.05, 0.1) is 5.56 Å². The molecule has 0 aliphatic carbocycles. The molecule has 0 unspecified atom stereocenters. The Hall–Kier alpha value is -1.32. The van der Waals surface area contributed by atoms with Crippen molar-refractivity contribution in [1.82, 2.24) is 0 Å². The SMILES string of the molecule is CC=Cc1cccc(C(F)(F)F)c1F. The van der Waals surface area contributed by atoms with Gasteiger partial charge in [-0.3, -0.25) is 0 Å². The summed E-state index contributed by atoms with van der Waals surface area (Å²) in [6.07, 6.45) is -1.86. The Morgan fingerprint density at radius 3 is 2.36 bits per heavy atom. The standard InChI is InChI=1S/C10H8F4/c1-2-4-7-5-3-6-8(9(7)11)10(12,13)14/h2-6H,1H3. The monoisotopic (exact) mass is 204 g/mol. The Kier molecular flexibility index (Phi) is 2.93.